The fraction of sp³-hybridized carbons (Fsp3) is 0.263. The van der Waals surface area contributed by atoms with Crippen molar-refractivity contribution in [1.29, 1.82) is 0 Å². The van der Waals surface area contributed by atoms with E-state index in [1.54, 1.807) is 23.5 Å². The third-order valence-electron chi connectivity index (χ3n) is 4.28. The molecule has 1 saturated heterocycles. The van der Waals surface area contributed by atoms with Crippen molar-refractivity contribution in [3.8, 4) is 11.3 Å². The number of rotatable bonds is 4. The van der Waals surface area contributed by atoms with Gasteiger partial charge in [0.05, 0.1) is 12.0 Å². The summed E-state index contributed by atoms with van der Waals surface area (Å²) in [6, 6.07) is 11.1. The number of piperidine rings is 1. The molecule has 0 saturated carbocycles. The Hall–Kier alpha value is -2.60. The van der Waals surface area contributed by atoms with Crippen molar-refractivity contribution >= 4 is 28.1 Å². The molecule has 3 heterocycles. The lowest BCUT2D eigenvalue weighted by molar-refractivity contribution is 0.0996. The SMILES string of the molecule is O=C(Nc1cccc(-c2csc(N3CCCCC3)n2)c1)c1ccco1. The molecule has 1 aromatic carbocycles. The van der Waals surface area contributed by atoms with Gasteiger partial charge in [0, 0.05) is 29.7 Å². The van der Waals surface area contributed by atoms with Crippen molar-refractivity contribution in [2.45, 2.75) is 19.3 Å². The van der Waals surface area contributed by atoms with Gasteiger partial charge in [0.2, 0.25) is 0 Å². The highest BCUT2D eigenvalue weighted by Gasteiger charge is 2.15. The first-order valence-electron chi connectivity index (χ1n) is 8.45. The molecule has 1 amide bonds. The molecule has 128 valence electrons. The molecule has 4 rings (SSSR count). The Morgan fingerprint density at radius 3 is 2.84 bits per heavy atom. The maximum absolute atomic E-state index is 12.1. The fourth-order valence-corrected chi connectivity index (χ4v) is 3.87. The molecule has 0 radical (unpaired) electrons. The molecule has 1 N–H and O–H groups in total. The Kier molecular flexibility index (Phi) is 4.52. The molecule has 0 unspecified atom stereocenters. The Labute approximate surface area is 150 Å². The van der Waals surface area contributed by atoms with E-state index in [1.165, 1.54) is 25.5 Å². The Balaban J connectivity index is 1.51. The van der Waals surface area contributed by atoms with Crippen molar-refractivity contribution in [2.24, 2.45) is 0 Å². The molecule has 6 heteroatoms. The van der Waals surface area contributed by atoms with Gasteiger partial charge in [-0.1, -0.05) is 12.1 Å². The van der Waals surface area contributed by atoms with E-state index in [4.69, 9.17) is 9.40 Å². The molecule has 1 fully saturated rings. The highest BCUT2D eigenvalue weighted by Crippen LogP contribution is 2.30. The van der Waals surface area contributed by atoms with E-state index in [0.717, 1.165) is 35.2 Å². The normalized spacial score (nSPS) is 14.5. The van der Waals surface area contributed by atoms with Crippen LogP contribution in [0.5, 0.6) is 0 Å². The number of aromatic nitrogens is 1. The van der Waals surface area contributed by atoms with Gasteiger partial charge in [0.25, 0.3) is 5.91 Å². The highest BCUT2D eigenvalue weighted by molar-refractivity contribution is 7.14. The van der Waals surface area contributed by atoms with Crippen LogP contribution in [0.2, 0.25) is 0 Å². The molecule has 3 aromatic rings. The quantitative estimate of drug-likeness (QED) is 0.742. The van der Waals surface area contributed by atoms with Crippen molar-refractivity contribution in [3.63, 3.8) is 0 Å². The van der Waals surface area contributed by atoms with E-state index < -0.39 is 0 Å². The van der Waals surface area contributed by atoms with Crippen molar-refractivity contribution in [1.82, 2.24) is 4.98 Å². The van der Waals surface area contributed by atoms with Gasteiger partial charge in [-0.05, 0) is 43.5 Å². The van der Waals surface area contributed by atoms with E-state index in [9.17, 15) is 4.79 Å². The number of nitrogens with zero attached hydrogens (tertiary/aromatic N) is 2. The zero-order valence-corrected chi connectivity index (χ0v) is 14.6. The number of nitrogens with one attached hydrogen (secondary N) is 1. The van der Waals surface area contributed by atoms with Gasteiger partial charge in [0.15, 0.2) is 10.9 Å². The second-order valence-electron chi connectivity index (χ2n) is 6.08. The molecule has 1 aliphatic heterocycles. The van der Waals surface area contributed by atoms with Crippen LogP contribution in [0.3, 0.4) is 0 Å². The van der Waals surface area contributed by atoms with Crippen LogP contribution in [0.1, 0.15) is 29.8 Å². The van der Waals surface area contributed by atoms with E-state index >= 15 is 0 Å². The first-order valence-corrected chi connectivity index (χ1v) is 9.33. The van der Waals surface area contributed by atoms with Crippen LogP contribution < -0.4 is 10.2 Å². The third kappa shape index (κ3) is 3.58. The minimum Gasteiger partial charge on any atom is -0.459 e. The molecule has 2 aromatic heterocycles. The summed E-state index contributed by atoms with van der Waals surface area (Å²) >= 11 is 1.68. The van der Waals surface area contributed by atoms with Crippen LogP contribution in [0.15, 0.2) is 52.5 Å². The van der Waals surface area contributed by atoms with Crippen molar-refractivity contribution in [3.05, 3.63) is 53.8 Å². The van der Waals surface area contributed by atoms with Gasteiger partial charge < -0.3 is 14.6 Å². The van der Waals surface area contributed by atoms with Crippen molar-refractivity contribution in [2.75, 3.05) is 23.3 Å². The van der Waals surface area contributed by atoms with Gasteiger partial charge in [-0.25, -0.2) is 4.98 Å². The zero-order valence-electron chi connectivity index (χ0n) is 13.8. The van der Waals surface area contributed by atoms with Crippen LogP contribution >= 0.6 is 11.3 Å². The number of benzene rings is 1. The predicted molar refractivity (Wildman–Crippen MR) is 100 cm³/mol. The molecular weight excluding hydrogens is 334 g/mol. The van der Waals surface area contributed by atoms with Crippen LogP contribution in [0.4, 0.5) is 10.8 Å². The fourth-order valence-electron chi connectivity index (χ4n) is 2.98. The smallest absolute Gasteiger partial charge is 0.291 e. The second-order valence-corrected chi connectivity index (χ2v) is 6.91. The molecule has 25 heavy (non-hydrogen) atoms. The molecule has 0 bridgehead atoms. The molecule has 5 nitrogen and oxygen atoms in total. The number of amides is 1. The molecule has 0 aliphatic carbocycles. The van der Waals surface area contributed by atoms with Crippen LogP contribution in [-0.2, 0) is 0 Å². The van der Waals surface area contributed by atoms with Gasteiger partial charge in [-0.3, -0.25) is 4.79 Å². The Morgan fingerprint density at radius 1 is 1.16 bits per heavy atom. The lowest BCUT2D eigenvalue weighted by Crippen LogP contribution is -2.29. The van der Waals surface area contributed by atoms with Gasteiger partial charge in [-0.15, -0.1) is 11.3 Å². The Morgan fingerprint density at radius 2 is 2.04 bits per heavy atom. The maximum Gasteiger partial charge on any atom is 0.291 e. The summed E-state index contributed by atoms with van der Waals surface area (Å²) in [7, 11) is 0. The summed E-state index contributed by atoms with van der Waals surface area (Å²) in [5.41, 5.74) is 2.67. The summed E-state index contributed by atoms with van der Waals surface area (Å²) < 4.78 is 5.12. The maximum atomic E-state index is 12.1. The summed E-state index contributed by atoms with van der Waals surface area (Å²) in [6.07, 6.45) is 5.28. The molecule has 0 spiro atoms. The third-order valence-corrected chi connectivity index (χ3v) is 5.18. The zero-order chi connectivity index (χ0) is 17.1. The molecule has 0 atom stereocenters. The van der Waals surface area contributed by atoms with E-state index in [0.29, 0.717) is 5.76 Å². The number of carbonyl (C=O) groups excluding carboxylic acids is 1. The number of anilines is 2. The van der Waals surface area contributed by atoms with Gasteiger partial charge in [-0.2, -0.15) is 0 Å². The molecule has 1 aliphatic rings. The second kappa shape index (κ2) is 7.11. The number of hydrogen-bond donors (Lipinski definition) is 1. The average Bonchev–Trinajstić information content (AvgIpc) is 3.35. The van der Waals surface area contributed by atoms with Crippen LogP contribution in [0, 0.1) is 0 Å². The number of carbonyl (C=O) groups is 1. The highest BCUT2D eigenvalue weighted by atomic mass is 32.1. The largest absolute Gasteiger partial charge is 0.459 e. The minimum absolute atomic E-state index is 0.255. The first kappa shape index (κ1) is 15.9. The minimum atomic E-state index is -0.255. The van der Waals surface area contributed by atoms with E-state index in [-0.39, 0.29) is 5.91 Å². The number of furan rings is 1. The Bertz CT molecular complexity index is 851. The topological polar surface area (TPSA) is 58.4 Å². The summed E-state index contributed by atoms with van der Waals surface area (Å²) in [6.45, 7) is 2.18. The van der Waals surface area contributed by atoms with E-state index in [1.807, 2.05) is 24.3 Å². The predicted octanol–water partition coefficient (Wildman–Crippen LogP) is 4.65. The lowest BCUT2D eigenvalue weighted by atomic mass is 10.1. The summed E-state index contributed by atoms with van der Waals surface area (Å²) in [4.78, 5) is 19.3. The molecular formula is C19H19N3O2S. The number of hydrogen-bond acceptors (Lipinski definition) is 5. The monoisotopic (exact) mass is 353 g/mol. The van der Waals surface area contributed by atoms with Crippen LogP contribution in [-0.4, -0.2) is 24.0 Å². The van der Waals surface area contributed by atoms with Crippen LogP contribution in [0.25, 0.3) is 11.3 Å². The van der Waals surface area contributed by atoms with E-state index in [2.05, 4.69) is 15.6 Å². The average molecular weight is 353 g/mol. The summed E-state index contributed by atoms with van der Waals surface area (Å²) in [5.74, 6) is 0.0425. The standard InChI is InChI=1S/C19H19N3O2S/c23-18(17-8-5-11-24-17)20-15-7-4-6-14(12-15)16-13-25-19(21-16)22-9-2-1-3-10-22/h4-8,11-13H,1-3,9-10H2,(H,20,23). The van der Waals surface area contributed by atoms with Gasteiger partial charge >= 0.3 is 0 Å². The van der Waals surface area contributed by atoms with Gasteiger partial charge in [0.1, 0.15) is 0 Å². The van der Waals surface area contributed by atoms with Crippen molar-refractivity contribution < 1.29 is 9.21 Å². The lowest BCUT2D eigenvalue weighted by Gasteiger charge is -2.25. The summed E-state index contributed by atoms with van der Waals surface area (Å²) in [5, 5.41) is 6.02. The number of thiazole rings is 1. The first-order chi connectivity index (χ1) is 12.3.